The van der Waals surface area contributed by atoms with Crippen LogP contribution in [0.2, 0.25) is 10.0 Å². The van der Waals surface area contributed by atoms with E-state index in [1.165, 1.54) is 5.56 Å². The van der Waals surface area contributed by atoms with Gasteiger partial charge < -0.3 is 10.1 Å². The summed E-state index contributed by atoms with van der Waals surface area (Å²) in [6.45, 7) is 5.95. The molecule has 1 amide bonds. The van der Waals surface area contributed by atoms with Gasteiger partial charge in [0, 0.05) is 10.7 Å². The average Bonchev–Trinajstić information content (AvgIpc) is 2.63. The van der Waals surface area contributed by atoms with Crippen molar-refractivity contribution in [1.82, 2.24) is 5.32 Å². The molecule has 0 radical (unpaired) electrons. The molecule has 0 bridgehead atoms. The molecule has 0 spiro atoms. The van der Waals surface area contributed by atoms with Crippen molar-refractivity contribution in [3.05, 3.63) is 58.1 Å². The van der Waals surface area contributed by atoms with Gasteiger partial charge in [-0.1, -0.05) is 49.2 Å². The highest BCUT2D eigenvalue weighted by Crippen LogP contribution is 2.28. The highest BCUT2D eigenvalue weighted by Gasteiger charge is 2.17. The van der Waals surface area contributed by atoms with Crippen LogP contribution in [-0.4, -0.2) is 17.1 Å². The number of nitrogens with one attached hydrogen (secondary N) is 2. The Balaban J connectivity index is 1.89. The van der Waals surface area contributed by atoms with Gasteiger partial charge in [-0.25, -0.2) is 0 Å². The minimum atomic E-state index is -0.781. The van der Waals surface area contributed by atoms with E-state index in [2.05, 4.69) is 36.6 Å². The molecule has 0 saturated carbocycles. The molecule has 2 N–H and O–H groups in total. The van der Waals surface area contributed by atoms with Crippen LogP contribution in [0.15, 0.2) is 42.5 Å². The predicted molar refractivity (Wildman–Crippen MR) is 116 cm³/mol. The Hall–Kier alpha value is -1.82. The van der Waals surface area contributed by atoms with E-state index in [1.54, 1.807) is 25.1 Å². The van der Waals surface area contributed by atoms with E-state index in [4.69, 9.17) is 40.2 Å². The second-order valence-electron chi connectivity index (χ2n) is 6.21. The fraction of sp³-hybridized carbons (Fsp3) is 0.300. The molecular formula is C20H22Cl2N2O2S. The third kappa shape index (κ3) is 6.38. The number of benzene rings is 2. The van der Waals surface area contributed by atoms with Crippen LogP contribution in [0.1, 0.15) is 38.7 Å². The Morgan fingerprint density at radius 3 is 2.41 bits per heavy atom. The van der Waals surface area contributed by atoms with Crippen LogP contribution in [0.5, 0.6) is 5.75 Å². The number of anilines is 1. The molecule has 0 aliphatic rings. The van der Waals surface area contributed by atoms with Gasteiger partial charge in [-0.2, -0.15) is 0 Å². The average molecular weight is 425 g/mol. The third-order valence-corrected chi connectivity index (χ3v) is 4.89. The molecule has 2 rings (SSSR count). The van der Waals surface area contributed by atoms with Crippen molar-refractivity contribution in [1.29, 1.82) is 0 Å². The Morgan fingerprint density at radius 2 is 1.81 bits per heavy atom. The van der Waals surface area contributed by atoms with Crippen molar-refractivity contribution in [2.45, 2.75) is 39.2 Å². The maximum atomic E-state index is 12.3. The number of ether oxygens (including phenoxy) is 1. The van der Waals surface area contributed by atoms with Gasteiger partial charge in [-0.05, 0) is 67.4 Å². The maximum absolute atomic E-state index is 12.3. The lowest BCUT2D eigenvalue weighted by Crippen LogP contribution is -2.42. The van der Waals surface area contributed by atoms with Gasteiger partial charge in [0.1, 0.15) is 5.75 Å². The summed E-state index contributed by atoms with van der Waals surface area (Å²) in [7, 11) is 0. The van der Waals surface area contributed by atoms with Gasteiger partial charge in [-0.3, -0.25) is 10.1 Å². The maximum Gasteiger partial charge on any atom is 0.266 e. The topological polar surface area (TPSA) is 50.4 Å². The molecule has 2 aromatic carbocycles. The molecule has 0 aromatic heterocycles. The summed E-state index contributed by atoms with van der Waals surface area (Å²) in [4.78, 5) is 12.3. The second-order valence-corrected chi connectivity index (χ2v) is 7.46. The van der Waals surface area contributed by atoms with E-state index in [-0.39, 0.29) is 11.0 Å². The number of amides is 1. The molecule has 27 heavy (non-hydrogen) atoms. The number of rotatable bonds is 6. The normalized spacial score (nSPS) is 12.8. The Kier molecular flexibility index (Phi) is 7.90. The number of hydrogen-bond donors (Lipinski definition) is 2. The summed E-state index contributed by atoms with van der Waals surface area (Å²) in [5, 5.41) is 6.64. The van der Waals surface area contributed by atoms with E-state index in [0.29, 0.717) is 21.7 Å². The van der Waals surface area contributed by atoms with Crippen molar-refractivity contribution < 1.29 is 9.53 Å². The van der Waals surface area contributed by atoms with E-state index in [0.717, 1.165) is 12.1 Å². The smallest absolute Gasteiger partial charge is 0.266 e. The number of carbonyl (C=O) groups is 1. The van der Waals surface area contributed by atoms with Gasteiger partial charge >= 0.3 is 0 Å². The molecule has 0 heterocycles. The Labute approximate surface area is 175 Å². The van der Waals surface area contributed by atoms with Gasteiger partial charge in [0.2, 0.25) is 0 Å². The molecule has 7 heteroatoms. The first-order chi connectivity index (χ1) is 12.8. The van der Waals surface area contributed by atoms with Crippen LogP contribution in [0, 0.1) is 0 Å². The van der Waals surface area contributed by atoms with Gasteiger partial charge in [-0.15, -0.1) is 0 Å². The minimum Gasteiger partial charge on any atom is -0.479 e. The van der Waals surface area contributed by atoms with Crippen LogP contribution in [0.25, 0.3) is 0 Å². The van der Waals surface area contributed by atoms with E-state index >= 15 is 0 Å². The van der Waals surface area contributed by atoms with E-state index in [9.17, 15) is 4.79 Å². The van der Waals surface area contributed by atoms with Crippen molar-refractivity contribution in [3.8, 4) is 5.75 Å². The zero-order valence-electron chi connectivity index (χ0n) is 15.4. The zero-order valence-corrected chi connectivity index (χ0v) is 17.7. The SMILES string of the molecule is CCC(C)c1ccc(NC(=S)NC(=O)C(C)Oc2ccc(Cl)cc2Cl)cc1. The van der Waals surface area contributed by atoms with Crippen LogP contribution in [0.3, 0.4) is 0 Å². The second kappa shape index (κ2) is 9.93. The monoisotopic (exact) mass is 424 g/mol. The number of hydrogen-bond acceptors (Lipinski definition) is 3. The quantitative estimate of drug-likeness (QED) is 0.576. The molecule has 144 valence electrons. The highest BCUT2D eigenvalue weighted by atomic mass is 35.5. The largest absolute Gasteiger partial charge is 0.479 e. The van der Waals surface area contributed by atoms with Crippen molar-refractivity contribution >= 4 is 52.1 Å². The lowest BCUT2D eigenvalue weighted by molar-refractivity contribution is -0.125. The van der Waals surface area contributed by atoms with E-state index < -0.39 is 6.10 Å². The van der Waals surface area contributed by atoms with Crippen molar-refractivity contribution in [2.75, 3.05) is 5.32 Å². The van der Waals surface area contributed by atoms with E-state index in [1.807, 2.05) is 12.1 Å². The Morgan fingerprint density at radius 1 is 1.15 bits per heavy atom. The van der Waals surface area contributed by atoms with Crippen LogP contribution in [0.4, 0.5) is 5.69 Å². The molecule has 0 aliphatic carbocycles. The summed E-state index contributed by atoms with van der Waals surface area (Å²) in [5.41, 5.74) is 2.07. The minimum absolute atomic E-state index is 0.203. The first kappa shape index (κ1) is 21.5. The van der Waals surface area contributed by atoms with Crippen molar-refractivity contribution in [3.63, 3.8) is 0 Å². The molecular weight excluding hydrogens is 403 g/mol. The van der Waals surface area contributed by atoms with Crippen molar-refractivity contribution in [2.24, 2.45) is 0 Å². The van der Waals surface area contributed by atoms with Gasteiger partial charge in [0.05, 0.1) is 5.02 Å². The summed E-state index contributed by atoms with van der Waals surface area (Å²) in [6, 6.07) is 12.8. The number of thiocarbonyl (C=S) groups is 1. The highest BCUT2D eigenvalue weighted by molar-refractivity contribution is 7.80. The molecule has 4 nitrogen and oxygen atoms in total. The number of carbonyl (C=O) groups excluding carboxylic acids is 1. The Bertz CT molecular complexity index is 812. The fourth-order valence-electron chi connectivity index (χ4n) is 2.32. The molecule has 0 saturated heterocycles. The molecule has 2 aromatic rings. The van der Waals surface area contributed by atoms with Gasteiger partial charge in [0.15, 0.2) is 11.2 Å². The van der Waals surface area contributed by atoms with Crippen LogP contribution >= 0.6 is 35.4 Å². The lowest BCUT2D eigenvalue weighted by Gasteiger charge is -2.17. The summed E-state index contributed by atoms with van der Waals surface area (Å²) in [6.07, 6.45) is 0.299. The number of halogens is 2. The molecule has 0 fully saturated rings. The standard InChI is InChI=1S/C20H22Cl2N2O2S/c1-4-12(2)14-5-8-16(9-6-14)23-20(27)24-19(25)13(3)26-18-10-7-15(21)11-17(18)22/h5-13H,4H2,1-3H3,(H2,23,24,25,27). The fourth-order valence-corrected chi connectivity index (χ4v) is 2.99. The first-order valence-electron chi connectivity index (χ1n) is 8.63. The molecule has 2 unspecified atom stereocenters. The van der Waals surface area contributed by atoms with Crippen LogP contribution < -0.4 is 15.4 Å². The summed E-state index contributed by atoms with van der Waals surface area (Å²) in [5.74, 6) is 0.501. The molecule has 2 atom stereocenters. The lowest BCUT2D eigenvalue weighted by atomic mass is 9.99. The first-order valence-corrected chi connectivity index (χ1v) is 9.80. The molecule has 0 aliphatic heterocycles. The summed E-state index contributed by atoms with van der Waals surface area (Å²) >= 11 is 17.1. The zero-order chi connectivity index (χ0) is 20.0. The predicted octanol–water partition coefficient (Wildman–Crippen LogP) is 5.79. The van der Waals surface area contributed by atoms with Crippen LogP contribution in [-0.2, 0) is 4.79 Å². The third-order valence-electron chi connectivity index (χ3n) is 4.15. The summed E-state index contributed by atoms with van der Waals surface area (Å²) < 4.78 is 5.58. The van der Waals surface area contributed by atoms with Gasteiger partial charge in [0.25, 0.3) is 5.91 Å².